The van der Waals surface area contributed by atoms with Gasteiger partial charge in [0.1, 0.15) is 5.82 Å². The maximum atomic E-state index is 13.1. The van der Waals surface area contributed by atoms with Gasteiger partial charge in [0, 0.05) is 31.7 Å². The summed E-state index contributed by atoms with van der Waals surface area (Å²) in [5.74, 6) is 0.150. The van der Waals surface area contributed by atoms with Crippen LogP contribution < -0.4 is 5.32 Å². The van der Waals surface area contributed by atoms with Crippen LogP contribution in [0, 0.1) is 0 Å². The highest BCUT2D eigenvalue weighted by molar-refractivity contribution is 5.94. The first-order valence-electron chi connectivity index (χ1n) is 12.0. The fraction of sp³-hybridized carbons (Fsp3) is 0.207. The van der Waals surface area contributed by atoms with Crippen LogP contribution in [0.4, 0.5) is 5.82 Å². The number of rotatable bonds is 11. The van der Waals surface area contributed by atoms with Crippen LogP contribution in [0.25, 0.3) is 16.9 Å². The molecule has 0 fully saturated rings. The Labute approximate surface area is 211 Å². The maximum absolute atomic E-state index is 13.1. The molecule has 0 bridgehead atoms. The van der Waals surface area contributed by atoms with E-state index in [1.165, 1.54) is 0 Å². The fourth-order valence-corrected chi connectivity index (χ4v) is 3.89. The van der Waals surface area contributed by atoms with Gasteiger partial charge in [0.15, 0.2) is 0 Å². The zero-order chi connectivity index (χ0) is 25.2. The van der Waals surface area contributed by atoms with E-state index in [9.17, 15) is 9.59 Å². The lowest BCUT2D eigenvalue weighted by Crippen LogP contribution is -2.40. The number of methoxy groups -OCH3 is 1. The van der Waals surface area contributed by atoms with Gasteiger partial charge in [0.2, 0.25) is 11.8 Å². The second-order valence-corrected chi connectivity index (χ2v) is 8.37. The number of hydrogen-bond donors (Lipinski definition) is 1. The summed E-state index contributed by atoms with van der Waals surface area (Å²) in [7, 11) is 1.58. The lowest BCUT2D eigenvalue weighted by atomic mass is 10.1. The summed E-state index contributed by atoms with van der Waals surface area (Å²) in [6.07, 6.45) is 0.938. The van der Waals surface area contributed by atoms with Gasteiger partial charge in [-0.2, -0.15) is 5.10 Å². The average Bonchev–Trinajstić information content (AvgIpc) is 3.34. The van der Waals surface area contributed by atoms with E-state index in [-0.39, 0.29) is 18.4 Å². The summed E-state index contributed by atoms with van der Waals surface area (Å²) in [5, 5.41) is 7.69. The van der Waals surface area contributed by atoms with Crippen molar-refractivity contribution in [2.75, 3.05) is 32.1 Å². The van der Waals surface area contributed by atoms with Gasteiger partial charge in [-0.25, -0.2) is 4.68 Å². The van der Waals surface area contributed by atoms with Crippen LogP contribution in [0.3, 0.4) is 0 Å². The highest BCUT2D eigenvalue weighted by Crippen LogP contribution is 2.24. The van der Waals surface area contributed by atoms with E-state index in [1.807, 2.05) is 97.1 Å². The minimum atomic E-state index is -0.296. The van der Waals surface area contributed by atoms with Crippen LogP contribution in [0.5, 0.6) is 0 Å². The molecule has 2 amide bonds. The largest absolute Gasteiger partial charge is 0.383 e. The molecule has 0 saturated carbocycles. The zero-order valence-electron chi connectivity index (χ0n) is 20.3. The highest BCUT2D eigenvalue weighted by Gasteiger charge is 2.19. The average molecular weight is 483 g/mol. The smallest absolute Gasteiger partial charge is 0.245 e. The Morgan fingerprint density at radius 1 is 0.917 bits per heavy atom. The molecule has 0 aliphatic carbocycles. The van der Waals surface area contributed by atoms with Gasteiger partial charge in [0.05, 0.1) is 24.5 Å². The molecule has 36 heavy (non-hydrogen) atoms. The molecule has 4 rings (SSSR count). The lowest BCUT2D eigenvalue weighted by molar-refractivity contribution is -0.135. The number of amides is 2. The first-order chi connectivity index (χ1) is 17.6. The van der Waals surface area contributed by atoms with E-state index in [4.69, 9.17) is 9.84 Å². The summed E-state index contributed by atoms with van der Waals surface area (Å²) in [5.41, 5.74) is 3.60. The van der Waals surface area contributed by atoms with E-state index >= 15 is 0 Å². The number of ether oxygens (including phenoxy) is 1. The van der Waals surface area contributed by atoms with Gasteiger partial charge < -0.3 is 15.0 Å². The van der Waals surface area contributed by atoms with Crippen molar-refractivity contribution in [3.05, 3.63) is 103 Å². The van der Waals surface area contributed by atoms with Crippen LogP contribution in [0.2, 0.25) is 0 Å². The molecule has 0 radical (unpaired) electrons. The number of benzene rings is 3. The molecule has 0 aliphatic rings. The molecule has 1 N–H and O–H groups in total. The predicted octanol–water partition coefficient (Wildman–Crippen LogP) is 4.59. The van der Waals surface area contributed by atoms with Crippen LogP contribution >= 0.6 is 0 Å². The van der Waals surface area contributed by atoms with Crippen molar-refractivity contribution in [2.24, 2.45) is 0 Å². The molecule has 0 aliphatic heterocycles. The quantitative estimate of drug-likeness (QED) is 0.339. The van der Waals surface area contributed by atoms with E-state index < -0.39 is 0 Å². The Morgan fingerprint density at radius 3 is 2.22 bits per heavy atom. The van der Waals surface area contributed by atoms with Crippen molar-refractivity contribution < 1.29 is 14.3 Å². The minimum Gasteiger partial charge on any atom is -0.383 e. The summed E-state index contributed by atoms with van der Waals surface area (Å²) in [4.78, 5) is 27.6. The van der Waals surface area contributed by atoms with Gasteiger partial charge in [-0.3, -0.25) is 9.59 Å². The molecular weight excluding hydrogens is 452 g/mol. The number of para-hydroxylation sites is 1. The highest BCUT2D eigenvalue weighted by atomic mass is 16.5. The van der Waals surface area contributed by atoms with Crippen molar-refractivity contribution >= 4 is 17.6 Å². The zero-order valence-corrected chi connectivity index (χ0v) is 20.3. The molecular formula is C29H30N4O3. The summed E-state index contributed by atoms with van der Waals surface area (Å²) >= 11 is 0. The van der Waals surface area contributed by atoms with E-state index in [1.54, 1.807) is 16.7 Å². The van der Waals surface area contributed by atoms with Gasteiger partial charge in [-0.1, -0.05) is 78.9 Å². The van der Waals surface area contributed by atoms with E-state index in [0.29, 0.717) is 31.8 Å². The molecule has 0 spiro atoms. The predicted molar refractivity (Wildman–Crippen MR) is 141 cm³/mol. The normalized spacial score (nSPS) is 10.7. The number of aromatic nitrogens is 2. The second kappa shape index (κ2) is 12.5. The maximum Gasteiger partial charge on any atom is 0.245 e. The number of nitrogens with one attached hydrogen (secondary N) is 1. The Morgan fingerprint density at radius 2 is 1.56 bits per heavy atom. The Hall–Kier alpha value is -4.23. The number of aryl methyl sites for hydroxylation is 1. The van der Waals surface area contributed by atoms with Gasteiger partial charge in [0.25, 0.3) is 0 Å². The number of hydrogen-bond acceptors (Lipinski definition) is 4. The molecule has 0 saturated heterocycles. The monoisotopic (exact) mass is 482 g/mol. The molecule has 184 valence electrons. The number of anilines is 1. The first-order valence-corrected chi connectivity index (χ1v) is 12.0. The van der Waals surface area contributed by atoms with Crippen LogP contribution in [-0.4, -0.2) is 53.3 Å². The molecule has 4 aromatic rings. The third kappa shape index (κ3) is 6.67. The fourth-order valence-electron chi connectivity index (χ4n) is 3.89. The van der Waals surface area contributed by atoms with Gasteiger partial charge in [-0.05, 0) is 24.1 Å². The number of carbonyl (C=O) groups is 2. The molecule has 3 aromatic carbocycles. The van der Waals surface area contributed by atoms with Crippen LogP contribution in [0.1, 0.15) is 12.0 Å². The Balaban J connectivity index is 1.50. The molecule has 1 heterocycles. The molecule has 7 nitrogen and oxygen atoms in total. The third-order valence-electron chi connectivity index (χ3n) is 5.77. The lowest BCUT2D eigenvalue weighted by Gasteiger charge is -2.22. The van der Waals surface area contributed by atoms with E-state index in [0.717, 1.165) is 22.5 Å². The Bertz CT molecular complexity index is 1260. The van der Waals surface area contributed by atoms with Crippen molar-refractivity contribution in [3.8, 4) is 16.9 Å². The standard InChI is InChI=1S/C29H30N4O3/c1-36-20-19-32(29(35)18-17-23-11-5-2-6-12-23)22-28(34)30-27-21-26(24-13-7-3-8-14-24)31-33(27)25-15-9-4-10-16-25/h2-16,21H,17-20,22H2,1H3,(H,30,34). The molecule has 7 heteroatoms. The number of carbonyl (C=O) groups excluding carboxylic acids is 2. The van der Waals surface area contributed by atoms with Gasteiger partial charge in [-0.15, -0.1) is 0 Å². The Kier molecular flexibility index (Phi) is 8.62. The van der Waals surface area contributed by atoms with Crippen LogP contribution in [-0.2, 0) is 20.7 Å². The second-order valence-electron chi connectivity index (χ2n) is 8.37. The van der Waals surface area contributed by atoms with Crippen LogP contribution in [0.15, 0.2) is 97.1 Å². The van der Waals surface area contributed by atoms with Crippen molar-refractivity contribution in [1.82, 2.24) is 14.7 Å². The van der Waals surface area contributed by atoms with Crippen molar-refractivity contribution in [3.63, 3.8) is 0 Å². The summed E-state index contributed by atoms with van der Waals surface area (Å²) < 4.78 is 6.88. The molecule has 1 aromatic heterocycles. The third-order valence-corrected chi connectivity index (χ3v) is 5.77. The number of nitrogens with zero attached hydrogens (tertiary/aromatic N) is 3. The molecule has 0 atom stereocenters. The minimum absolute atomic E-state index is 0.0718. The molecule has 0 unspecified atom stereocenters. The van der Waals surface area contributed by atoms with E-state index in [2.05, 4.69) is 5.32 Å². The summed E-state index contributed by atoms with van der Waals surface area (Å²) in [6.45, 7) is 0.618. The van der Waals surface area contributed by atoms with Crippen molar-refractivity contribution in [1.29, 1.82) is 0 Å². The van der Waals surface area contributed by atoms with Gasteiger partial charge >= 0.3 is 0 Å². The van der Waals surface area contributed by atoms with Crippen molar-refractivity contribution in [2.45, 2.75) is 12.8 Å². The summed E-state index contributed by atoms with van der Waals surface area (Å²) in [6, 6.07) is 31.1. The SMILES string of the molecule is COCCN(CC(=O)Nc1cc(-c2ccccc2)nn1-c1ccccc1)C(=O)CCc1ccccc1. The first kappa shape index (κ1) is 24.9. The topological polar surface area (TPSA) is 76.5 Å².